The van der Waals surface area contributed by atoms with E-state index in [9.17, 15) is 19.5 Å². The number of aromatic hydroxyl groups is 1. The van der Waals surface area contributed by atoms with Crippen LogP contribution in [0.4, 0.5) is 4.79 Å². The quantitative estimate of drug-likeness (QED) is 0.567. The first kappa shape index (κ1) is 16.5. The monoisotopic (exact) mass is 369 g/mol. The van der Waals surface area contributed by atoms with Gasteiger partial charge in [-0.25, -0.2) is 9.10 Å². The predicted octanol–water partition coefficient (Wildman–Crippen LogP) is 1.64. The minimum Gasteiger partial charge on any atom is -0.508 e. The molecule has 4 amide bonds. The van der Waals surface area contributed by atoms with Crippen molar-refractivity contribution < 1.29 is 19.5 Å². The first-order valence-corrected chi connectivity index (χ1v) is 8.35. The molecule has 0 spiro atoms. The number of rotatable bonds is 3. The number of carbonyl (C=O) groups excluding carboxylic acids is 3. The van der Waals surface area contributed by atoms with Crippen molar-refractivity contribution in [2.24, 2.45) is 0 Å². The molecule has 0 aromatic heterocycles. The summed E-state index contributed by atoms with van der Waals surface area (Å²) in [5.74, 6) is -0.835. The van der Waals surface area contributed by atoms with Crippen LogP contribution in [0.25, 0.3) is 0 Å². The van der Waals surface area contributed by atoms with Gasteiger partial charge in [0.15, 0.2) is 5.54 Å². The number of amides is 4. The van der Waals surface area contributed by atoms with Gasteiger partial charge in [-0.1, -0.05) is 49.2 Å². The van der Waals surface area contributed by atoms with Crippen LogP contribution >= 0.6 is 12.8 Å². The highest BCUT2D eigenvalue weighted by Crippen LogP contribution is 2.34. The average molecular weight is 369 g/mol. The molecule has 0 bridgehead atoms. The topological polar surface area (TPSA) is 89.9 Å². The van der Waals surface area contributed by atoms with E-state index in [1.54, 1.807) is 36.4 Å². The molecule has 2 aromatic rings. The lowest BCUT2D eigenvalue weighted by Crippen LogP contribution is -2.52. The number of thiol groups is 1. The maximum absolute atomic E-state index is 12.8. The number of fused-ring (bicyclic) bond motifs is 1. The first-order valence-electron chi connectivity index (χ1n) is 7.95. The molecule has 2 heterocycles. The highest BCUT2D eigenvalue weighted by atomic mass is 32.1. The molecular formula is C18H15N3O4S. The summed E-state index contributed by atoms with van der Waals surface area (Å²) < 4.78 is 0.729. The summed E-state index contributed by atoms with van der Waals surface area (Å²) in [6.45, 7) is 0.256. The average Bonchev–Trinajstić information content (AvgIpc) is 3.06. The first-order chi connectivity index (χ1) is 12.4. The lowest BCUT2D eigenvalue weighted by atomic mass is 9.89. The van der Waals surface area contributed by atoms with E-state index in [4.69, 9.17) is 0 Å². The van der Waals surface area contributed by atoms with Crippen molar-refractivity contribution in [2.45, 2.75) is 12.1 Å². The van der Waals surface area contributed by atoms with Crippen LogP contribution in [-0.2, 0) is 16.9 Å². The second kappa shape index (κ2) is 5.77. The molecule has 0 aliphatic carbocycles. The summed E-state index contributed by atoms with van der Waals surface area (Å²) in [7, 11) is 0. The Bertz CT molecular complexity index is 933. The van der Waals surface area contributed by atoms with Gasteiger partial charge in [0, 0.05) is 12.1 Å². The van der Waals surface area contributed by atoms with Crippen molar-refractivity contribution in [2.75, 3.05) is 6.54 Å². The van der Waals surface area contributed by atoms with Gasteiger partial charge in [-0.05, 0) is 23.3 Å². The van der Waals surface area contributed by atoms with Crippen molar-refractivity contribution in [3.8, 4) is 5.75 Å². The molecule has 1 fully saturated rings. The lowest BCUT2D eigenvalue weighted by molar-refractivity contribution is -0.128. The molecule has 132 valence electrons. The summed E-state index contributed by atoms with van der Waals surface area (Å²) in [5.41, 5.74) is 0.324. The third-order valence-electron chi connectivity index (χ3n) is 4.74. The van der Waals surface area contributed by atoms with E-state index < -0.39 is 17.5 Å². The molecule has 26 heavy (non-hydrogen) atoms. The van der Waals surface area contributed by atoms with E-state index in [0.717, 1.165) is 9.87 Å². The molecule has 1 saturated heterocycles. The fourth-order valence-electron chi connectivity index (χ4n) is 3.44. The van der Waals surface area contributed by atoms with Gasteiger partial charge in [-0.3, -0.25) is 9.59 Å². The molecule has 7 nitrogen and oxygen atoms in total. The Morgan fingerprint density at radius 3 is 2.50 bits per heavy atom. The zero-order chi connectivity index (χ0) is 18.5. The molecule has 2 aliphatic heterocycles. The molecule has 2 N–H and O–H groups in total. The molecule has 1 atom stereocenters. The molecule has 0 unspecified atom stereocenters. The summed E-state index contributed by atoms with van der Waals surface area (Å²) in [4.78, 5) is 39.1. The van der Waals surface area contributed by atoms with Gasteiger partial charge < -0.3 is 15.3 Å². The summed E-state index contributed by atoms with van der Waals surface area (Å²) in [6, 6.07) is 12.7. The fourth-order valence-corrected chi connectivity index (χ4v) is 3.66. The summed E-state index contributed by atoms with van der Waals surface area (Å²) in [5, 5.41) is 12.3. The van der Waals surface area contributed by atoms with Crippen LogP contribution in [0.2, 0.25) is 0 Å². The number of hydrogen-bond donors (Lipinski definition) is 3. The van der Waals surface area contributed by atoms with Crippen molar-refractivity contribution in [1.29, 1.82) is 0 Å². The van der Waals surface area contributed by atoms with Crippen LogP contribution in [0.3, 0.4) is 0 Å². The van der Waals surface area contributed by atoms with Gasteiger partial charge in [0.05, 0.1) is 6.54 Å². The number of imide groups is 1. The maximum atomic E-state index is 12.8. The Balaban J connectivity index is 1.73. The normalized spacial score (nSPS) is 22.0. The number of phenols is 1. The van der Waals surface area contributed by atoms with Gasteiger partial charge in [0.1, 0.15) is 5.75 Å². The van der Waals surface area contributed by atoms with Crippen molar-refractivity contribution in [1.82, 2.24) is 14.5 Å². The fraction of sp³-hybridized carbons (Fsp3) is 0.167. The largest absolute Gasteiger partial charge is 0.508 e. The zero-order valence-electron chi connectivity index (χ0n) is 13.5. The highest BCUT2D eigenvalue weighted by Gasteiger charge is 2.53. The van der Waals surface area contributed by atoms with E-state index in [2.05, 4.69) is 18.1 Å². The number of nitrogens with one attached hydrogen (secondary N) is 1. The Hall–Kier alpha value is -3.00. The molecule has 0 saturated carbocycles. The van der Waals surface area contributed by atoms with Gasteiger partial charge >= 0.3 is 6.03 Å². The molecule has 4 rings (SSSR count). The minimum atomic E-state index is -1.40. The molecule has 8 heteroatoms. The number of benzene rings is 2. The maximum Gasteiger partial charge on any atom is 0.335 e. The number of phenolic OH excluding ortho intramolecular Hbond substituents is 1. The Kier molecular flexibility index (Phi) is 3.66. The van der Waals surface area contributed by atoms with Crippen molar-refractivity contribution in [3.05, 3.63) is 65.2 Å². The minimum absolute atomic E-state index is 0.00324. The number of hydrogen-bond acceptors (Lipinski definition) is 5. The molecule has 0 radical (unpaired) electrons. The van der Waals surface area contributed by atoms with Crippen LogP contribution in [0.1, 0.15) is 21.5 Å². The van der Waals surface area contributed by atoms with Crippen LogP contribution in [0.5, 0.6) is 5.75 Å². The molecule has 2 aromatic carbocycles. The Morgan fingerprint density at radius 1 is 1.12 bits per heavy atom. The van der Waals surface area contributed by atoms with E-state index in [-0.39, 0.29) is 18.2 Å². The van der Waals surface area contributed by atoms with Gasteiger partial charge in [0.25, 0.3) is 11.8 Å². The van der Waals surface area contributed by atoms with Crippen LogP contribution in [-0.4, -0.2) is 38.7 Å². The van der Waals surface area contributed by atoms with Gasteiger partial charge in [0.2, 0.25) is 0 Å². The van der Waals surface area contributed by atoms with Crippen LogP contribution < -0.4 is 5.32 Å². The second-order valence-corrected chi connectivity index (χ2v) is 6.72. The Morgan fingerprint density at radius 2 is 1.85 bits per heavy atom. The number of urea groups is 1. The van der Waals surface area contributed by atoms with Gasteiger partial charge in [-0.2, -0.15) is 0 Å². The number of nitrogens with zero attached hydrogens (tertiary/aromatic N) is 2. The SMILES string of the molecule is O=C1c2cc(O)ccc2CN1C[C@@]1(c2ccccc2)NC(=O)N(S)C1=O. The van der Waals surface area contributed by atoms with E-state index in [1.807, 2.05) is 0 Å². The number of carbonyl (C=O) groups is 3. The van der Waals surface area contributed by atoms with E-state index in [0.29, 0.717) is 17.7 Å². The van der Waals surface area contributed by atoms with E-state index >= 15 is 0 Å². The van der Waals surface area contributed by atoms with Crippen LogP contribution in [0.15, 0.2) is 48.5 Å². The predicted molar refractivity (Wildman–Crippen MR) is 95.3 cm³/mol. The third kappa shape index (κ3) is 2.33. The second-order valence-electron chi connectivity index (χ2n) is 6.32. The summed E-state index contributed by atoms with van der Waals surface area (Å²) in [6.07, 6.45) is 0. The van der Waals surface area contributed by atoms with E-state index in [1.165, 1.54) is 17.0 Å². The van der Waals surface area contributed by atoms with Gasteiger partial charge in [-0.15, -0.1) is 0 Å². The van der Waals surface area contributed by atoms with Crippen molar-refractivity contribution >= 4 is 30.7 Å². The lowest BCUT2D eigenvalue weighted by Gasteiger charge is -2.31. The Labute approximate surface area is 154 Å². The smallest absolute Gasteiger partial charge is 0.335 e. The van der Waals surface area contributed by atoms with Crippen molar-refractivity contribution in [3.63, 3.8) is 0 Å². The highest BCUT2D eigenvalue weighted by molar-refractivity contribution is 7.79. The summed E-state index contributed by atoms with van der Waals surface area (Å²) >= 11 is 3.96. The third-order valence-corrected chi connectivity index (χ3v) is 5.10. The molecular weight excluding hydrogens is 354 g/mol. The zero-order valence-corrected chi connectivity index (χ0v) is 14.4. The van der Waals surface area contributed by atoms with Crippen LogP contribution in [0, 0.1) is 0 Å². The molecule has 2 aliphatic rings. The standard InChI is InChI=1S/C18H15N3O4S/c22-13-7-6-11-9-20(15(23)14(11)8-13)10-18(12-4-2-1-3-5-12)16(24)21(26)17(25)19-18/h1-8,22,26H,9-10H2,(H,19,25)/t18-/m0/s1.